The Morgan fingerprint density at radius 3 is 2.43 bits per heavy atom. The molecule has 150 valence electrons. The summed E-state index contributed by atoms with van der Waals surface area (Å²) >= 11 is 12.3. The van der Waals surface area contributed by atoms with Crippen LogP contribution in [-0.2, 0) is 0 Å². The van der Waals surface area contributed by atoms with Gasteiger partial charge in [0.2, 0.25) is 0 Å². The van der Waals surface area contributed by atoms with Gasteiger partial charge in [-0.15, -0.1) is 0 Å². The molecule has 0 unspecified atom stereocenters. The standard InChI is InChI=1S/C24H19Cl2N3O/c1-15-10-18(16(2)29(15)21-12-19(25)11-20(26)13-21)14-27-28-24(30)23-9-5-7-17-6-3-4-8-22(17)23/h3-14H,1-2H3,(H,28,30)/b27-14-. The van der Waals surface area contributed by atoms with Crippen LogP contribution in [0.4, 0.5) is 0 Å². The van der Waals surface area contributed by atoms with Gasteiger partial charge in [0.1, 0.15) is 0 Å². The molecule has 0 aliphatic carbocycles. The van der Waals surface area contributed by atoms with Gasteiger partial charge in [-0.2, -0.15) is 5.10 Å². The highest BCUT2D eigenvalue weighted by atomic mass is 35.5. The average Bonchev–Trinajstić information content (AvgIpc) is 3.00. The van der Waals surface area contributed by atoms with Gasteiger partial charge in [-0.3, -0.25) is 4.79 Å². The van der Waals surface area contributed by atoms with Crippen molar-refractivity contribution in [3.8, 4) is 5.69 Å². The maximum absolute atomic E-state index is 12.6. The summed E-state index contributed by atoms with van der Waals surface area (Å²) in [6, 6.07) is 20.8. The van der Waals surface area contributed by atoms with Gasteiger partial charge in [0.05, 0.1) is 6.21 Å². The Hall–Kier alpha value is -3.08. The van der Waals surface area contributed by atoms with E-state index in [1.165, 1.54) is 0 Å². The molecule has 0 spiro atoms. The minimum Gasteiger partial charge on any atom is -0.318 e. The first kappa shape index (κ1) is 20.2. The molecule has 0 aliphatic heterocycles. The second-order valence-electron chi connectivity index (χ2n) is 7.02. The van der Waals surface area contributed by atoms with E-state index in [4.69, 9.17) is 23.2 Å². The van der Waals surface area contributed by atoms with E-state index in [0.29, 0.717) is 15.6 Å². The molecule has 0 fully saturated rings. The maximum atomic E-state index is 12.6. The van der Waals surface area contributed by atoms with Gasteiger partial charge in [0, 0.05) is 38.2 Å². The Bertz CT molecular complexity index is 1270. The average molecular weight is 436 g/mol. The van der Waals surface area contributed by atoms with Gasteiger partial charge in [0.15, 0.2) is 0 Å². The van der Waals surface area contributed by atoms with Crippen LogP contribution in [0.15, 0.2) is 71.8 Å². The van der Waals surface area contributed by atoms with E-state index in [9.17, 15) is 4.79 Å². The molecular formula is C24H19Cl2N3O. The third-order valence-corrected chi connectivity index (χ3v) is 5.42. The second-order valence-corrected chi connectivity index (χ2v) is 7.89. The molecule has 3 aromatic carbocycles. The fourth-order valence-corrected chi connectivity index (χ4v) is 4.14. The SMILES string of the molecule is Cc1cc(/C=N\NC(=O)c2cccc3ccccc23)c(C)n1-c1cc(Cl)cc(Cl)c1. The molecule has 4 aromatic rings. The number of benzene rings is 3. The van der Waals surface area contributed by atoms with Crippen molar-refractivity contribution >= 4 is 46.1 Å². The number of nitrogens with zero attached hydrogens (tertiary/aromatic N) is 2. The van der Waals surface area contributed by atoms with E-state index in [1.807, 2.05) is 73.0 Å². The fraction of sp³-hybridized carbons (Fsp3) is 0.0833. The topological polar surface area (TPSA) is 46.4 Å². The third-order valence-electron chi connectivity index (χ3n) is 4.98. The van der Waals surface area contributed by atoms with Crippen molar-refractivity contribution in [2.45, 2.75) is 13.8 Å². The zero-order valence-corrected chi connectivity index (χ0v) is 18.0. The predicted molar refractivity (Wildman–Crippen MR) is 124 cm³/mol. The normalized spacial score (nSPS) is 11.3. The van der Waals surface area contributed by atoms with E-state index >= 15 is 0 Å². The maximum Gasteiger partial charge on any atom is 0.271 e. The van der Waals surface area contributed by atoms with Crippen molar-refractivity contribution in [3.05, 3.63) is 99.3 Å². The van der Waals surface area contributed by atoms with Crippen LogP contribution in [0.3, 0.4) is 0 Å². The Morgan fingerprint density at radius 1 is 0.967 bits per heavy atom. The van der Waals surface area contributed by atoms with Crippen LogP contribution >= 0.6 is 23.2 Å². The van der Waals surface area contributed by atoms with Crippen molar-refractivity contribution in [3.63, 3.8) is 0 Å². The highest BCUT2D eigenvalue weighted by molar-refractivity contribution is 6.34. The number of rotatable bonds is 4. The van der Waals surface area contributed by atoms with Crippen molar-refractivity contribution in [2.24, 2.45) is 5.10 Å². The molecule has 0 aliphatic rings. The minimum atomic E-state index is -0.251. The lowest BCUT2D eigenvalue weighted by atomic mass is 10.0. The van der Waals surface area contributed by atoms with Crippen LogP contribution < -0.4 is 5.43 Å². The molecule has 4 rings (SSSR count). The minimum absolute atomic E-state index is 0.251. The molecule has 4 nitrogen and oxygen atoms in total. The van der Waals surface area contributed by atoms with Gasteiger partial charge in [-0.1, -0.05) is 59.6 Å². The second kappa shape index (κ2) is 8.34. The Kier molecular flexibility index (Phi) is 5.62. The smallest absolute Gasteiger partial charge is 0.271 e. The molecule has 0 bridgehead atoms. The molecule has 0 saturated heterocycles. The quantitative estimate of drug-likeness (QED) is 0.295. The Morgan fingerprint density at radius 2 is 1.67 bits per heavy atom. The summed E-state index contributed by atoms with van der Waals surface area (Å²) in [5, 5.41) is 7.23. The summed E-state index contributed by atoms with van der Waals surface area (Å²) < 4.78 is 2.05. The first-order valence-corrected chi connectivity index (χ1v) is 10.2. The summed E-state index contributed by atoms with van der Waals surface area (Å²) in [5.41, 5.74) is 6.96. The number of aryl methyl sites for hydroxylation is 1. The lowest BCUT2D eigenvalue weighted by Gasteiger charge is -2.10. The number of aromatic nitrogens is 1. The van der Waals surface area contributed by atoms with E-state index in [1.54, 1.807) is 18.3 Å². The zero-order chi connectivity index (χ0) is 21.3. The largest absolute Gasteiger partial charge is 0.318 e. The summed E-state index contributed by atoms with van der Waals surface area (Å²) in [5.74, 6) is -0.251. The number of carbonyl (C=O) groups excluding carboxylic acids is 1. The van der Waals surface area contributed by atoms with E-state index in [0.717, 1.165) is 33.4 Å². The molecule has 0 radical (unpaired) electrons. The number of hydrogen-bond donors (Lipinski definition) is 1. The van der Waals surface area contributed by atoms with Crippen LogP contribution in [0, 0.1) is 13.8 Å². The highest BCUT2D eigenvalue weighted by Crippen LogP contribution is 2.26. The third kappa shape index (κ3) is 3.97. The van der Waals surface area contributed by atoms with Gasteiger partial charge in [-0.25, -0.2) is 5.43 Å². The van der Waals surface area contributed by atoms with Crippen LogP contribution in [0.2, 0.25) is 10.0 Å². The molecule has 30 heavy (non-hydrogen) atoms. The highest BCUT2D eigenvalue weighted by Gasteiger charge is 2.12. The molecule has 1 N–H and O–H groups in total. The van der Waals surface area contributed by atoms with Crippen molar-refractivity contribution < 1.29 is 4.79 Å². The molecule has 0 atom stereocenters. The summed E-state index contributed by atoms with van der Waals surface area (Å²) in [4.78, 5) is 12.6. The van der Waals surface area contributed by atoms with Crippen molar-refractivity contribution in [1.29, 1.82) is 0 Å². The van der Waals surface area contributed by atoms with Crippen molar-refractivity contribution in [2.75, 3.05) is 0 Å². The predicted octanol–water partition coefficient (Wildman–Crippen LogP) is 6.32. The molecule has 6 heteroatoms. The van der Waals surface area contributed by atoms with Gasteiger partial charge < -0.3 is 4.57 Å². The Balaban J connectivity index is 1.58. The van der Waals surface area contributed by atoms with Crippen molar-refractivity contribution in [1.82, 2.24) is 9.99 Å². The number of halogens is 2. The number of hydrogen-bond acceptors (Lipinski definition) is 2. The molecule has 1 amide bonds. The van der Waals surface area contributed by atoms with E-state index < -0.39 is 0 Å². The van der Waals surface area contributed by atoms with Crippen LogP contribution in [0.5, 0.6) is 0 Å². The number of carbonyl (C=O) groups is 1. The fourth-order valence-electron chi connectivity index (χ4n) is 3.63. The summed E-state index contributed by atoms with van der Waals surface area (Å²) in [6.07, 6.45) is 1.65. The van der Waals surface area contributed by atoms with Gasteiger partial charge in [0.25, 0.3) is 5.91 Å². The number of nitrogens with one attached hydrogen (secondary N) is 1. The first-order chi connectivity index (χ1) is 14.4. The number of hydrazone groups is 1. The molecule has 1 heterocycles. The van der Waals surface area contributed by atoms with Crippen LogP contribution in [0.1, 0.15) is 27.3 Å². The summed E-state index contributed by atoms with van der Waals surface area (Å²) in [7, 11) is 0. The zero-order valence-electron chi connectivity index (χ0n) is 16.5. The molecule has 0 saturated carbocycles. The van der Waals surface area contributed by atoms with Crippen LogP contribution in [0.25, 0.3) is 16.5 Å². The Labute approximate surface area is 184 Å². The van der Waals surface area contributed by atoms with Crippen LogP contribution in [-0.4, -0.2) is 16.7 Å². The lowest BCUT2D eigenvalue weighted by Crippen LogP contribution is -2.18. The van der Waals surface area contributed by atoms with Gasteiger partial charge >= 0.3 is 0 Å². The van der Waals surface area contributed by atoms with Gasteiger partial charge in [-0.05, 0) is 55.0 Å². The number of amides is 1. The molecular weight excluding hydrogens is 417 g/mol. The summed E-state index contributed by atoms with van der Waals surface area (Å²) in [6.45, 7) is 3.98. The lowest BCUT2D eigenvalue weighted by molar-refractivity contribution is 0.0957. The number of fused-ring (bicyclic) bond motifs is 1. The molecule has 1 aromatic heterocycles. The first-order valence-electron chi connectivity index (χ1n) is 9.40. The van der Waals surface area contributed by atoms with E-state index in [2.05, 4.69) is 10.5 Å². The monoisotopic (exact) mass is 435 g/mol. The van der Waals surface area contributed by atoms with E-state index in [-0.39, 0.29) is 5.91 Å².